The third kappa shape index (κ3) is 4.09. The van der Waals surface area contributed by atoms with Crippen LogP contribution in [0.15, 0.2) is 4.52 Å². The summed E-state index contributed by atoms with van der Waals surface area (Å²) in [7, 11) is 0. The van der Waals surface area contributed by atoms with E-state index in [1.54, 1.807) is 0 Å². The summed E-state index contributed by atoms with van der Waals surface area (Å²) in [6.45, 7) is 3.93. The summed E-state index contributed by atoms with van der Waals surface area (Å²) in [5, 5.41) is 7.32. The number of aromatic nitrogens is 2. The number of hydrogen-bond acceptors (Lipinski definition) is 5. The maximum absolute atomic E-state index is 5.35. The molecular formula is C12H21N3O2. The highest BCUT2D eigenvalue weighted by atomic mass is 16.5. The summed E-state index contributed by atoms with van der Waals surface area (Å²) < 4.78 is 10.5. The van der Waals surface area contributed by atoms with E-state index in [0.29, 0.717) is 30.9 Å². The van der Waals surface area contributed by atoms with Gasteiger partial charge in [-0.15, -0.1) is 0 Å². The fourth-order valence-electron chi connectivity index (χ4n) is 2.09. The Balaban J connectivity index is 1.69. The smallest absolute Gasteiger partial charge is 0.240 e. The SMILES string of the molecule is CCCOCc1noc(CNC2CCCC2)n1. The third-order valence-corrected chi connectivity index (χ3v) is 2.99. The van der Waals surface area contributed by atoms with Crippen LogP contribution in [0.4, 0.5) is 0 Å². The molecule has 5 heteroatoms. The maximum Gasteiger partial charge on any atom is 0.240 e. The molecule has 0 bridgehead atoms. The van der Waals surface area contributed by atoms with Crippen LogP contribution in [-0.2, 0) is 17.9 Å². The lowest BCUT2D eigenvalue weighted by atomic mass is 10.2. The van der Waals surface area contributed by atoms with Crippen molar-refractivity contribution in [3.8, 4) is 0 Å². The summed E-state index contributed by atoms with van der Waals surface area (Å²) in [6.07, 6.45) is 6.20. The first-order chi connectivity index (χ1) is 8.38. The Morgan fingerprint density at radius 2 is 2.24 bits per heavy atom. The summed E-state index contributed by atoms with van der Waals surface area (Å²) in [5.74, 6) is 1.30. The Hall–Kier alpha value is -0.940. The fourth-order valence-corrected chi connectivity index (χ4v) is 2.09. The van der Waals surface area contributed by atoms with Gasteiger partial charge in [0.2, 0.25) is 5.89 Å². The first-order valence-corrected chi connectivity index (χ1v) is 6.51. The van der Waals surface area contributed by atoms with E-state index in [1.807, 2.05) is 0 Å². The molecule has 96 valence electrons. The normalized spacial score (nSPS) is 16.8. The highest BCUT2D eigenvalue weighted by molar-refractivity contribution is 4.85. The highest BCUT2D eigenvalue weighted by Gasteiger charge is 2.15. The summed E-state index contributed by atoms with van der Waals surface area (Å²) in [4.78, 5) is 4.28. The van der Waals surface area contributed by atoms with Gasteiger partial charge in [0.05, 0.1) is 6.54 Å². The second-order valence-electron chi connectivity index (χ2n) is 4.52. The molecule has 1 N–H and O–H groups in total. The first kappa shape index (κ1) is 12.5. The predicted molar refractivity (Wildman–Crippen MR) is 63.3 cm³/mol. The molecule has 2 rings (SSSR count). The predicted octanol–water partition coefficient (Wildman–Crippen LogP) is 2.03. The fraction of sp³-hybridized carbons (Fsp3) is 0.833. The average Bonchev–Trinajstić information content (AvgIpc) is 2.98. The van der Waals surface area contributed by atoms with Crippen molar-refractivity contribution in [3.63, 3.8) is 0 Å². The Bertz CT molecular complexity index is 321. The van der Waals surface area contributed by atoms with Crippen LogP contribution in [0, 0.1) is 0 Å². The van der Waals surface area contributed by atoms with Crippen molar-refractivity contribution in [2.24, 2.45) is 0 Å². The minimum absolute atomic E-state index is 0.445. The third-order valence-electron chi connectivity index (χ3n) is 2.99. The van der Waals surface area contributed by atoms with Gasteiger partial charge in [0.1, 0.15) is 6.61 Å². The molecule has 0 atom stereocenters. The van der Waals surface area contributed by atoms with Gasteiger partial charge in [-0.05, 0) is 19.3 Å². The lowest BCUT2D eigenvalue weighted by Crippen LogP contribution is -2.25. The summed E-state index contributed by atoms with van der Waals surface area (Å²) >= 11 is 0. The lowest BCUT2D eigenvalue weighted by Gasteiger charge is -2.08. The summed E-state index contributed by atoms with van der Waals surface area (Å²) in [5.41, 5.74) is 0. The molecule has 1 aliphatic rings. The van der Waals surface area contributed by atoms with E-state index in [1.165, 1.54) is 25.7 Å². The van der Waals surface area contributed by atoms with Gasteiger partial charge in [0, 0.05) is 12.6 Å². The van der Waals surface area contributed by atoms with E-state index in [0.717, 1.165) is 13.0 Å². The summed E-state index contributed by atoms with van der Waals surface area (Å²) in [6, 6.07) is 0.627. The van der Waals surface area contributed by atoms with Gasteiger partial charge >= 0.3 is 0 Å². The Morgan fingerprint density at radius 3 is 3.00 bits per heavy atom. The molecule has 0 unspecified atom stereocenters. The minimum Gasteiger partial charge on any atom is -0.373 e. The molecule has 0 saturated heterocycles. The van der Waals surface area contributed by atoms with Crippen molar-refractivity contribution in [2.75, 3.05) is 6.61 Å². The van der Waals surface area contributed by atoms with Gasteiger partial charge < -0.3 is 14.6 Å². The Kier molecular flexibility index (Phi) is 4.94. The number of rotatable bonds is 7. The number of nitrogens with one attached hydrogen (secondary N) is 1. The topological polar surface area (TPSA) is 60.2 Å². The van der Waals surface area contributed by atoms with Crippen molar-refractivity contribution in [1.29, 1.82) is 0 Å². The van der Waals surface area contributed by atoms with E-state index < -0.39 is 0 Å². The Morgan fingerprint density at radius 1 is 1.41 bits per heavy atom. The molecule has 1 aromatic rings. The molecule has 0 aromatic carbocycles. The molecule has 1 fully saturated rings. The van der Waals surface area contributed by atoms with Gasteiger partial charge in [0.25, 0.3) is 0 Å². The van der Waals surface area contributed by atoms with Crippen molar-refractivity contribution >= 4 is 0 Å². The van der Waals surface area contributed by atoms with E-state index in [2.05, 4.69) is 22.4 Å². The van der Waals surface area contributed by atoms with Crippen LogP contribution >= 0.6 is 0 Å². The van der Waals surface area contributed by atoms with Gasteiger partial charge in [-0.1, -0.05) is 24.9 Å². The molecular weight excluding hydrogens is 218 g/mol. The quantitative estimate of drug-likeness (QED) is 0.738. The molecule has 0 aliphatic heterocycles. The van der Waals surface area contributed by atoms with Gasteiger partial charge in [-0.3, -0.25) is 0 Å². The molecule has 1 aromatic heterocycles. The number of nitrogens with zero attached hydrogens (tertiary/aromatic N) is 2. The lowest BCUT2D eigenvalue weighted by molar-refractivity contribution is 0.114. The molecule has 1 heterocycles. The largest absolute Gasteiger partial charge is 0.373 e. The molecule has 5 nitrogen and oxygen atoms in total. The first-order valence-electron chi connectivity index (χ1n) is 6.51. The van der Waals surface area contributed by atoms with Crippen molar-refractivity contribution in [3.05, 3.63) is 11.7 Å². The highest BCUT2D eigenvalue weighted by Crippen LogP contribution is 2.17. The van der Waals surface area contributed by atoms with Crippen LogP contribution in [0.2, 0.25) is 0 Å². The van der Waals surface area contributed by atoms with Crippen LogP contribution < -0.4 is 5.32 Å². The Labute approximate surface area is 102 Å². The molecule has 17 heavy (non-hydrogen) atoms. The molecule has 1 aliphatic carbocycles. The standard InChI is InChI=1S/C12H21N3O2/c1-2-7-16-9-11-14-12(17-15-11)8-13-10-5-3-4-6-10/h10,13H,2-9H2,1H3. The van der Waals surface area contributed by atoms with Crippen molar-refractivity contribution in [1.82, 2.24) is 15.5 Å². The molecule has 0 spiro atoms. The zero-order valence-electron chi connectivity index (χ0n) is 10.4. The molecule has 0 amide bonds. The van der Waals surface area contributed by atoms with Crippen LogP contribution in [0.1, 0.15) is 50.7 Å². The van der Waals surface area contributed by atoms with Crippen LogP contribution in [0.3, 0.4) is 0 Å². The zero-order chi connectivity index (χ0) is 11.9. The van der Waals surface area contributed by atoms with Gasteiger partial charge in [-0.2, -0.15) is 4.98 Å². The molecule has 1 saturated carbocycles. The maximum atomic E-state index is 5.35. The second-order valence-corrected chi connectivity index (χ2v) is 4.52. The van der Waals surface area contributed by atoms with E-state index >= 15 is 0 Å². The van der Waals surface area contributed by atoms with E-state index in [-0.39, 0.29) is 0 Å². The van der Waals surface area contributed by atoms with Gasteiger partial charge in [0.15, 0.2) is 5.82 Å². The monoisotopic (exact) mass is 239 g/mol. The zero-order valence-corrected chi connectivity index (χ0v) is 10.4. The number of ether oxygens (including phenoxy) is 1. The van der Waals surface area contributed by atoms with E-state index in [4.69, 9.17) is 9.26 Å². The van der Waals surface area contributed by atoms with Crippen LogP contribution in [0.5, 0.6) is 0 Å². The number of hydrogen-bond donors (Lipinski definition) is 1. The van der Waals surface area contributed by atoms with Crippen molar-refractivity contribution in [2.45, 2.75) is 58.2 Å². The minimum atomic E-state index is 0.445. The van der Waals surface area contributed by atoms with Gasteiger partial charge in [-0.25, -0.2) is 0 Å². The van der Waals surface area contributed by atoms with E-state index in [9.17, 15) is 0 Å². The molecule has 0 radical (unpaired) electrons. The second kappa shape index (κ2) is 6.71. The van der Waals surface area contributed by atoms with Crippen molar-refractivity contribution < 1.29 is 9.26 Å². The average molecular weight is 239 g/mol. The van der Waals surface area contributed by atoms with Crippen LogP contribution in [-0.4, -0.2) is 22.8 Å². The van der Waals surface area contributed by atoms with Crippen LogP contribution in [0.25, 0.3) is 0 Å².